The van der Waals surface area contributed by atoms with Crippen LogP contribution in [0.2, 0.25) is 0 Å². The zero-order chi connectivity index (χ0) is 28.5. The molecule has 1 atom stereocenters. The average molecular weight is 559 g/mol. The molecule has 3 N–H and O–H groups in total. The minimum Gasteiger partial charge on any atom is -0.465 e. The maximum Gasteiger partial charge on any atom is 0.337 e. The third-order valence-electron chi connectivity index (χ3n) is 7.71. The van der Waals surface area contributed by atoms with Crippen LogP contribution in [0.3, 0.4) is 0 Å². The molecule has 1 unspecified atom stereocenters. The van der Waals surface area contributed by atoms with Crippen molar-refractivity contribution in [3.05, 3.63) is 88.7 Å². The molecule has 3 aliphatic heterocycles. The van der Waals surface area contributed by atoms with E-state index in [-0.39, 0.29) is 11.7 Å². The third-order valence-corrected chi connectivity index (χ3v) is 7.71. The molecule has 10 heteroatoms. The standard InChI is InChI=1S/C31H31FN4O5/c1-40-31(39)21-4-8-24-25(17-21)34-30(38)28(24)29(19-2-5-22(32)6-3-19)33-23-7-9-26-20(16-23)10-11-36(26)27(37)18-35-12-14-41-15-13-35/h2-9,16-17,30,33-34,38H,10-15,18H2,1H3/b29-28-. The number of nitrogens with one attached hydrogen (secondary N) is 2. The fraction of sp³-hybridized carbons (Fsp3) is 0.290. The van der Waals surface area contributed by atoms with Crippen LogP contribution in [-0.4, -0.2) is 74.6 Å². The number of hydrogen-bond donors (Lipinski definition) is 3. The maximum atomic E-state index is 13.8. The Morgan fingerprint density at radius 1 is 1.05 bits per heavy atom. The van der Waals surface area contributed by atoms with Gasteiger partial charge < -0.3 is 30.1 Å². The Morgan fingerprint density at radius 2 is 1.80 bits per heavy atom. The molecule has 1 amide bonds. The van der Waals surface area contributed by atoms with Gasteiger partial charge in [-0.2, -0.15) is 0 Å². The van der Waals surface area contributed by atoms with Crippen LogP contribution in [0, 0.1) is 5.82 Å². The predicted octanol–water partition coefficient (Wildman–Crippen LogP) is 3.56. The van der Waals surface area contributed by atoms with Crippen molar-refractivity contribution in [3.63, 3.8) is 0 Å². The van der Waals surface area contributed by atoms with Gasteiger partial charge >= 0.3 is 5.97 Å². The number of ether oxygens (including phenoxy) is 2. The number of carbonyl (C=O) groups is 2. The second-order valence-corrected chi connectivity index (χ2v) is 10.2. The first-order valence-electron chi connectivity index (χ1n) is 13.6. The highest BCUT2D eigenvalue weighted by atomic mass is 19.1. The van der Waals surface area contributed by atoms with Gasteiger partial charge in [0.1, 0.15) is 5.82 Å². The molecule has 0 aromatic heterocycles. The minimum atomic E-state index is -1.08. The zero-order valence-electron chi connectivity index (χ0n) is 22.7. The molecule has 3 aromatic carbocycles. The van der Waals surface area contributed by atoms with Crippen molar-refractivity contribution in [1.29, 1.82) is 0 Å². The van der Waals surface area contributed by atoms with Gasteiger partial charge in [-0.3, -0.25) is 9.69 Å². The summed E-state index contributed by atoms with van der Waals surface area (Å²) in [5, 5.41) is 17.6. The first kappa shape index (κ1) is 26.9. The van der Waals surface area contributed by atoms with Gasteiger partial charge in [-0.05, 0) is 72.1 Å². The van der Waals surface area contributed by atoms with Crippen LogP contribution in [0.5, 0.6) is 0 Å². The Hall–Kier alpha value is -4.25. The van der Waals surface area contributed by atoms with Crippen molar-refractivity contribution < 1.29 is 28.6 Å². The summed E-state index contributed by atoms with van der Waals surface area (Å²) >= 11 is 0. The van der Waals surface area contributed by atoms with Crippen LogP contribution < -0.4 is 15.5 Å². The van der Waals surface area contributed by atoms with E-state index in [1.165, 1.54) is 19.2 Å². The molecule has 0 spiro atoms. The predicted molar refractivity (Wildman–Crippen MR) is 154 cm³/mol. The van der Waals surface area contributed by atoms with Crippen LogP contribution in [0.25, 0.3) is 11.3 Å². The van der Waals surface area contributed by atoms with E-state index in [9.17, 15) is 19.1 Å². The van der Waals surface area contributed by atoms with Gasteiger partial charge in [0.05, 0.1) is 38.1 Å². The van der Waals surface area contributed by atoms with Crippen LogP contribution in [0.4, 0.5) is 21.5 Å². The number of hydrogen-bond acceptors (Lipinski definition) is 8. The lowest BCUT2D eigenvalue weighted by Crippen LogP contribution is -2.44. The molecule has 3 aliphatic rings. The highest BCUT2D eigenvalue weighted by molar-refractivity contribution is 6.04. The van der Waals surface area contributed by atoms with E-state index in [1.807, 2.05) is 23.1 Å². The molecule has 1 saturated heterocycles. The zero-order valence-corrected chi connectivity index (χ0v) is 22.7. The molecule has 0 bridgehead atoms. The van der Waals surface area contributed by atoms with Crippen molar-refractivity contribution in [2.75, 3.05) is 62.0 Å². The summed E-state index contributed by atoms with van der Waals surface area (Å²) in [5.74, 6) is -0.775. The number of aliphatic hydroxyl groups is 1. The highest BCUT2D eigenvalue weighted by Gasteiger charge is 2.30. The average Bonchev–Trinajstić information content (AvgIpc) is 3.56. The number of rotatable bonds is 6. The van der Waals surface area contributed by atoms with Crippen LogP contribution in [0.15, 0.2) is 60.7 Å². The number of aliphatic hydroxyl groups excluding tert-OH is 1. The number of amides is 1. The lowest BCUT2D eigenvalue weighted by Gasteiger charge is -2.28. The number of fused-ring (bicyclic) bond motifs is 2. The second kappa shape index (κ2) is 11.3. The van der Waals surface area contributed by atoms with Gasteiger partial charge in [0.15, 0.2) is 6.23 Å². The molecule has 1 fully saturated rings. The second-order valence-electron chi connectivity index (χ2n) is 10.2. The summed E-state index contributed by atoms with van der Waals surface area (Å²) in [6.45, 7) is 3.78. The first-order chi connectivity index (χ1) is 19.9. The highest BCUT2D eigenvalue weighted by Crippen LogP contribution is 2.41. The fourth-order valence-corrected chi connectivity index (χ4v) is 5.61. The first-order valence-corrected chi connectivity index (χ1v) is 13.6. The van der Waals surface area contributed by atoms with Gasteiger partial charge in [0.2, 0.25) is 5.91 Å². The molecule has 9 nitrogen and oxygen atoms in total. The summed E-state index contributed by atoms with van der Waals surface area (Å²) in [4.78, 5) is 29.1. The lowest BCUT2D eigenvalue weighted by atomic mass is 9.98. The summed E-state index contributed by atoms with van der Waals surface area (Å²) in [6, 6.07) is 16.9. The molecule has 0 saturated carbocycles. The van der Waals surface area contributed by atoms with Crippen molar-refractivity contribution in [3.8, 4) is 0 Å². The molecule has 0 radical (unpaired) electrons. The van der Waals surface area contributed by atoms with E-state index in [2.05, 4.69) is 15.5 Å². The number of morpholine rings is 1. The molecule has 212 valence electrons. The summed E-state index contributed by atoms with van der Waals surface area (Å²) in [7, 11) is 1.32. The van der Waals surface area contributed by atoms with E-state index >= 15 is 0 Å². The summed E-state index contributed by atoms with van der Waals surface area (Å²) in [6.07, 6.45) is -0.348. The third kappa shape index (κ3) is 5.41. The largest absolute Gasteiger partial charge is 0.465 e. The van der Waals surface area contributed by atoms with Crippen molar-refractivity contribution in [2.24, 2.45) is 0 Å². The van der Waals surface area contributed by atoms with Gasteiger partial charge in [-0.15, -0.1) is 0 Å². The monoisotopic (exact) mass is 558 g/mol. The fourth-order valence-electron chi connectivity index (χ4n) is 5.61. The molecular formula is C31H31FN4O5. The van der Waals surface area contributed by atoms with E-state index in [1.54, 1.807) is 30.3 Å². The topological polar surface area (TPSA) is 103 Å². The van der Waals surface area contributed by atoms with Crippen LogP contribution in [0.1, 0.15) is 27.0 Å². The number of nitrogens with zero attached hydrogens (tertiary/aromatic N) is 2. The van der Waals surface area contributed by atoms with Gasteiger partial charge in [0.25, 0.3) is 0 Å². The molecule has 3 aromatic rings. The molecular weight excluding hydrogens is 527 g/mol. The number of anilines is 3. The SMILES string of the molecule is COC(=O)c1ccc2c(c1)NC(O)/C2=C(\Nc1ccc2c(c1)CCN2C(=O)CN1CCOCC1)c1ccc(F)cc1. The Labute approximate surface area is 237 Å². The Morgan fingerprint density at radius 3 is 2.56 bits per heavy atom. The number of halogens is 1. The van der Waals surface area contributed by atoms with Crippen molar-refractivity contribution in [1.82, 2.24) is 4.90 Å². The van der Waals surface area contributed by atoms with Crippen molar-refractivity contribution in [2.45, 2.75) is 12.6 Å². The van der Waals surface area contributed by atoms with Gasteiger partial charge in [0, 0.05) is 47.8 Å². The molecule has 3 heterocycles. The number of esters is 1. The maximum absolute atomic E-state index is 13.8. The number of benzene rings is 3. The Kier molecular flexibility index (Phi) is 7.44. The quantitative estimate of drug-likeness (QED) is 0.395. The lowest BCUT2D eigenvalue weighted by molar-refractivity contribution is -0.120. The Balaban J connectivity index is 1.32. The molecule has 41 heavy (non-hydrogen) atoms. The normalized spacial score (nSPS) is 19.3. The van der Waals surface area contributed by atoms with E-state index in [0.29, 0.717) is 60.0 Å². The minimum absolute atomic E-state index is 0.0727. The Bertz CT molecular complexity index is 1520. The molecule has 6 rings (SSSR count). The van der Waals surface area contributed by atoms with E-state index < -0.39 is 12.2 Å². The number of carbonyl (C=O) groups excluding carboxylic acids is 2. The summed E-state index contributed by atoms with van der Waals surface area (Å²) in [5.41, 5.74) is 6.18. The smallest absolute Gasteiger partial charge is 0.337 e. The van der Waals surface area contributed by atoms with Gasteiger partial charge in [-0.25, -0.2) is 9.18 Å². The van der Waals surface area contributed by atoms with Crippen LogP contribution >= 0.6 is 0 Å². The van der Waals surface area contributed by atoms with E-state index in [0.717, 1.165) is 36.4 Å². The van der Waals surface area contributed by atoms with Crippen molar-refractivity contribution >= 4 is 40.2 Å². The summed E-state index contributed by atoms with van der Waals surface area (Å²) < 4.78 is 24.1. The van der Waals surface area contributed by atoms with Gasteiger partial charge in [-0.1, -0.05) is 6.07 Å². The van der Waals surface area contributed by atoms with Crippen LogP contribution in [-0.2, 0) is 20.7 Å². The van der Waals surface area contributed by atoms with E-state index in [4.69, 9.17) is 9.47 Å². The number of methoxy groups -OCH3 is 1. The molecule has 0 aliphatic carbocycles.